The molecule has 2 saturated heterocycles. The maximum absolute atomic E-state index is 14.0. The van der Waals surface area contributed by atoms with Gasteiger partial charge in [0.05, 0.1) is 11.1 Å². The van der Waals surface area contributed by atoms with Gasteiger partial charge in [-0.2, -0.15) is 0 Å². The molecule has 2 atom stereocenters. The Kier molecular flexibility index (Phi) is 6.40. The van der Waals surface area contributed by atoms with Gasteiger partial charge in [-0.05, 0) is 48.9 Å². The molecule has 1 N–H and O–H groups in total. The van der Waals surface area contributed by atoms with Crippen LogP contribution in [-0.2, 0) is 16.1 Å². The van der Waals surface area contributed by atoms with E-state index in [1.54, 1.807) is 36.2 Å². The highest BCUT2D eigenvalue weighted by Crippen LogP contribution is 2.42. The number of nitrogens with one attached hydrogen (secondary N) is 1. The fraction of sp³-hybridized carbons (Fsp3) is 0.423. The Hall–Kier alpha value is -3.13. The number of likely N-dealkylation sites (tertiary alicyclic amines) is 2. The van der Waals surface area contributed by atoms with Gasteiger partial charge in [0.15, 0.2) is 0 Å². The summed E-state index contributed by atoms with van der Waals surface area (Å²) in [6.07, 6.45) is 3.20. The van der Waals surface area contributed by atoms with Crippen LogP contribution in [0.4, 0.5) is 4.39 Å². The van der Waals surface area contributed by atoms with Crippen LogP contribution >= 0.6 is 11.6 Å². The van der Waals surface area contributed by atoms with Gasteiger partial charge in [0.25, 0.3) is 5.91 Å². The number of carbonyl (C=O) groups excluding carboxylic acids is 3. The Morgan fingerprint density at radius 3 is 2.57 bits per heavy atom. The number of likely N-dealkylation sites (N-methyl/N-ethyl adjacent to an activating group) is 1. The Morgan fingerprint density at radius 2 is 1.89 bits per heavy atom. The Balaban J connectivity index is 1.38. The molecule has 2 heterocycles. The molecule has 0 aromatic heterocycles. The molecular formula is C26H27ClFN3O4. The molecular weight excluding hydrogens is 473 g/mol. The lowest BCUT2D eigenvalue weighted by Gasteiger charge is -2.20. The highest BCUT2D eigenvalue weighted by atomic mass is 35.5. The lowest BCUT2D eigenvalue weighted by Crippen LogP contribution is -2.36. The molecule has 0 spiro atoms. The highest BCUT2D eigenvalue weighted by Gasteiger charge is 2.39. The zero-order chi connectivity index (χ0) is 24.7. The van der Waals surface area contributed by atoms with Crippen LogP contribution in [0.3, 0.4) is 0 Å². The molecule has 2 unspecified atom stereocenters. The number of halogens is 2. The molecule has 3 fully saturated rings. The van der Waals surface area contributed by atoms with E-state index in [-0.39, 0.29) is 41.0 Å². The first-order valence-corrected chi connectivity index (χ1v) is 12.2. The topological polar surface area (TPSA) is 79.0 Å². The van der Waals surface area contributed by atoms with Gasteiger partial charge in [-0.1, -0.05) is 17.7 Å². The van der Waals surface area contributed by atoms with Gasteiger partial charge >= 0.3 is 0 Å². The van der Waals surface area contributed by atoms with E-state index in [1.807, 2.05) is 4.90 Å². The smallest absolute Gasteiger partial charge is 0.251 e. The van der Waals surface area contributed by atoms with Crippen LogP contribution in [0.2, 0.25) is 5.02 Å². The quantitative estimate of drug-likeness (QED) is 0.624. The van der Waals surface area contributed by atoms with E-state index >= 15 is 0 Å². The van der Waals surface area contributed by atoms with E-state index in [9.17, 15) is 18.8 Å². The summed E-state index contributed by atoms with van der Waals surface area (Å²) in [6.45, 7) is 1.51. The van der Waals surface area contributed by atoms with E-state index in [2.05, 4.69) is 5.32 Å². The summed E-state index contributed by atoms with van der Waals surface area (Å²) in [5, 5.41) is 2.87. The highest BCUT2D eigenvalue weighted by molar-refractivity contribution is 6.30. The molecule has 1 saturated carbocycles. The zero-order valence-electron chi connectivity index (χ0n) is 19.4. The van der Waals surface area contributed by atoms with Crippen LogP contribution < -0.4 is 10.1 Å². The minimum Gasteiger partial charge on any atom is -0.457 e. The molecule has 1 aliphatic carbocycles. The molecule has 5 rings (SSSR count). The first-order valence-electron chi connectivity index (χ1n) is 11.8. The summed E-state index contributed by atoms with van der Waals surface area (Å²) < 4.78 is 20.0. The summed E-state index contributed by atoms with van der Waals surface area (Å²) in [7, 11) is 1.70. The van der Waals surface area contributed by atoms with Gasteiger partial charge in [0.2, 0.25) is 11.8 Å². The van der Waals surface area contributed by atoms with Gasteiger partial charge < -0.3 is 19.9 Å². The summed E-state index contributed by atoms with van der Waals surface area (Å²) in [6, 6.07) is 8.90. The average molecular weight is 500 g/mol. The molecule has 2 aromatic carbocycles. The summed E-state index contributed by atoms with van der Waals surface area (Å²) >= 11 is 5.80. The number of amides is 3. The fourth-order valence-electron chi connectivity index (χ4n) is 4.86. The number of ether oxygens (including phenoxy) is 1. The average Bonchev–Trinajstić information content (AvgIpc) is 3.53. The molecule has 2 aliphatic heterocycles. The standard InChI is InChI=1S/C26H27ClFN3O4/c1-30-14-19(10-24(30)32)29-26(34)16-4-5-17(12-31-13-18(9-25(31)33)15-2-3-15)23(8-16)35-20-6-7-21(27)22(28)11-20/h4-8,11,15,18-19H,2-3,9-10,12-14H2,1H3,(H,29,34). The maximum atomic E-state index is 14.0. The minimum absolute atomic E-state index is 0.0146. The lowest BCUT2D eigenvalue weighted by molar-refractivity contribution is -0.128. The monoisotopic (exact) mass is 499 g/mol. The second-order valence-electron chi connectivity index (χ2n) is 9.73. The maximum Gasteiger partial charge on any atom is 0.251 e. The van der Waals surface area contributed by atoms with Gasteiger partial charge in [-0.25, -0.2) is 4.39 Å². The normalized spacial score (nSPS) is 22.1. The number of hydrogen-bond donors (Lipinski definition) is 1. The van der Waals surface area contributed by atoms with Crippen molar-refractivity contribution >= 4 is 29.3 Å². The van der Waals surface area contributed by atoms with Crippen molar-refractivity contribution in [3.05, 3.63) is 58.4 Å². The van der Waals surface area contributed by atoms with Crippen molar-refractivity contribution in [1.29, 1.82) is 0 Å². The third kappa shape index (κ3) is 5.27. The van der Waals surface area contributed by atoms with Crippen molar-refractivity contribution in [3.63, 3.8) is 0 Å². The zero-order valence-corrected chi connectivity index (χ0v) is 20.2. The minimum atomic E-state index is -0.614. The van der Waals surface area contributed by atoms with Crippen LogP contribution in [0.25, 0.3) is 0 Å². The fourth-order valence-corrected chi connectivity index (χ4v) is 4.98. The van der Waals surface area contributed by atoms with E-state index in [0.717, 1.165) is 5.56 Å². The van der Waals surface area contributed by atoms with E-state index in [4.69, 9.17) is 16.3 Å². The molecule has 184 valence electrons. The summed E-state index contributed by atoms with van der Waals surface area (Å²) in [5.74, 6) is 0.790. The van der Waals surface area contributed by atoms with E-state index < -0.39 is 5.82 Å². The third-order valence-electron chi connectivity index (χ3n) is 7.02. The molecule has 3 aliphatic rings. The molecule has 35 heavy (non-hydrogen) atoms. The largest absolute Gasteiger partial charge is 0.457 e. The number of rotatable bonds is 7. The van der Waals surface area contributed by atoms with Crippen molar-refractivity contribution in [1.82, 2.24) is 15.1 Å². The second kappa shape index (κ2) is 9.49. The second-order valence-corrected chi connectivity index (χ2v) is 10.1. The van der Waals surface area contributed by atoms with E-state index in [1.165, 1.54) is 25.0 Å². The van der Waals surface area contributed by atoms with Crippen LogP contribution in [0.5, 0.6) is 11.5 Å². The molecule has 9 heteroatoms. The molecule has 2 aromatic rings. The Labute approximate surface area is 208 Å². The van der Waals surface area contributed by atoms with Gasteiger partial charge in [-0.3, -0.25) is 14.4 Å². The lowest BCUT2D eigenvalue weighted by atomic mass is 10.0. The predicted octanol–water partition coefficient (Wildman–Crippen LogP) is 3.99. The first kappa shape index (κ1) is 23.6. The predicted molar refractivity (Wildman–Crippen MR) is 128 cm³/mol. The van der Waals surface area contributed by atoms with Crippen molar-refractivity contribution in [2.45, 2.75) is 38.3 Å². The van der Waals surface area contributed by atoms with Gasteiger partial charge in [-0.15, -0.1) is 0 Å². The van der Waals surface area contributed by atoms with Gasteiger partial charge in [0.1, 0.15) is 17.3 Å². The number of nitrogens with zero attached hydrogens (tertiary/aromatic N) is 2. The Morgan fingerprint density at radius 1 is 1.09 bits per heavy atom. The van der Waals surface area contributed by atoms with Crippen LogP contribution in [0.15, 0.2) is 36.4 Å². The summed E-state index contributed by atoms with van der Waals surface area (Å²) in [5.41, 5.74) is 1.07. The summed E-state index contributed by atoms with van der Waals surface area (Å²) in [4.78, 5) is 40.7. The van der Waals surface area contributed by atoms with E-state index in [0.29, 0.717) is 49.2 Å². The molecule has 0 bridgehead atoms. The van der Waals surface area contributed by atoms with Crippen molar-refractivity contribution in [3.8, 4) is 11.5 Å². The molecule has 0 radical (unpaired) electrons. The first-order chi connectivity index (χ1) is 16.8. The van der Waals surface area contributed by atoms with Crippen molar-refractivity contribution in [2.75, 3.05) is 20.1 Å². The number of hydrogen-bond acceptors (Lipinski definition) is 4. The SMILES string of the molecule is CN1CC(NC(=O)c2ccc(CN3CC(C4CC4)CC3=O)c(Oc3ccc(Cl)c(F)c3)c2)CC1=O. The number of benzene rings is 2. The third-order valence-corrected chi connectivity index (χ3v) is 7.33. The van der Waals surface area contributed by atoms with Gasteiger partial charge in [0, 0.05) is 56.7 Å². The molecule has 7 nitrogen and oxygen atoms in total. The van der Waals surface area contributed by atoms with Crippen LogP contribution in [0, 0.1) is 17.7 Å². The van der Waals surface area contributed by atoms with Crippen molar-refractivity contribution in [2.24, 2.45) is 11.8 Å². The van der Waals surface area contributed by atoms with Crippen molar-refractivity contribution < 1.29 is 23.5 Å². The van der Waals surface area contributed by atoms with Crippen LogP contribution in [0.1, 0.15) is 41.6 Å². The Bertz CT molecular complexity index is 1190. The van der Waals surface area contributed by atoms with Crippen LogP contribution in [-0.4, -0.2) is 53.7 Å². The molecule has 3 amide bonds. The number of carbonyl (C=O) groups is 3.